The second-order valence-electron chi connectivity index (χ2n) is 7.17. The van der Waals surface area contributed by atoms with Crippen LogP contribution in [0.4, 0.5) is 5.82 Å². The predicted octanol–water partition coefficient (Wildman–Crippen LogP) is 2.88. The van der Waals surface area contributed by atoms with Crippen molar-refractivity contribution in [1.29, 1.82) is 0 Å². The highest BCUT2D eigenvalue weighted by Gasteiger charge is 2.49. The molecule has 5 nitrogen and oxygen atoms in total. The van der Waals surface area contributed by atoms with E-state index in [0.29, 0.717) is 17.9 Å². The molecule has 1 saturated carbocycles. The maximum Gasteiger partial charge on any atom is 0.227 e. The third-order valence-electron chi connectivity index (χ3n) is 5.24. The minimum absolute atomic E-state index is 0.271. The fourth-order valence-corrected chi connectivity index (χ4v) is 4.66. The first-order valence-electron chi connectivity index (χ1n) is 8.46. The molecule has 1 N–H and O–H groups in total. The lowest BCUT2D eigenvalue weighted by atomic mass is 9.65. The van der Waals surface area contributed by atoms with Crippen LogP contribution in [0, 0.1) is 12.3 Å². The number of nitrogens with zero attached hydrogens (tertiary/aromatic N) is 3. The third kappa shape index (κ3) is 3.15. The number of thiophene rings is 1. The van der Waals surface area contributed by atoms with Gasteiger partial charge in [-0.3, -0.25) is 4.79 Å². The number of amides is 1. The van der Waals surface area contributed by atoms with E-state index < -0.39 is 0 Å². The standard InChI is InChI=1S/C18H22N4OS/c1-13-6-16(20-12-19-13)21-15-8-18(9-15)3-4-22(11-18)17(23)7-14-2-5-24-10-14/h2,5-6,10,12,15H,3-4,7-9,11H2,1H3,(H,19,20,21). The molecule has 1 saturated heterocycles. The van der Waals surface area contributed by atoms with E-state index in [1.165, 1.54) is 0 Å². The van der Waals surface area contributed by atoms with E-state index in [9.17, 15) is 4.79 Å². The number of rotatable bonds is 4. The maximum absolute atomic E-state index is 12.4. The summed E-state index contributed by atoms with van der Waals surface area (Å²) >= 11 is 1.65. The summed E-state index contributed by atoms with van der Waals surface area (Å²) in [5, 5.41) is 7.60. The minimum atomic E-state index is 0.271. The summed E-state index contributed by atoms with van der Waals surface area (Å²) in [7, 11) is 0. The Labute approximate surface area is 146 Å². The van der Waals surface area contributed by atoms with Gasteiger partial charge in [-0.05, 0) is 54.0 Å². The molecule has 2 aromatic heterocycles. The lowest BCUT2D eigenvalue weighted by Crippen LogP contribution is -2.47. The maximum atomic E-state index is 12.4. The third-order valence-corrected chi connectivity index (χ3v) is 5.97. The molecule has 0 unspecified atom stereocenters. The van der Waals surface area contributed by atoms with Gasteiger partial charge < -0.3 is 10.2 Å². The lowest BCUT2D eigenvalue weighted by Gasteiger charge is -2.45. The Morgan fingerprint density at radius 2 is 2.33 bits per heavy atom. The minimum Gasteiger partial charge on any atom is -0.367 e. The molecule has 126 valence electrons. The van der Waals surface area contributed by atoms with Gasteiger partial charge >= 0.3 is 0 Å². The Kier molecular flexibility index (Phi) is 4.00. The first-order chi connectivity index (χ1) is 11.6. The van der Waals surface area contributed by atoms with Crippen molar-refractivity contribution in [1.82, 2.24) is 14.9 Å². The summed E-state index contributed by atoms with van der Waals surface area (Å²) in [5.74, 6) is 1.18. The number of likely N-dealkylation sites (tertiary alicyclic amines) is 1. The Morgan fingerprint density at radius 3 is 3.08 bits per heavy atom. The molecule has 0 aromatic carbocycles. The summed E-state index contributed by atoms with van der Waals surface area (Å²) in [6.07, 6.45) is 5.52. The molecule has 2 aromatic rings. The van der Waals surface area contributed by atoms with E-state index in [1.807, 2.05) is 24.4 Å². The second kappa shape index (κ2) is 6.16. The van der Waals surface area contributed by atoms with Crippen molar-refractivity contribution >= 4 is 23.1 Å². The largest absolute Gasteiger partial charge is 0.367 e. The van der Waals surface area contributed by atoms with Crippen LogP contribution in [0.25, 0.3) is 0 Å². The van der Waals surface area contributed by atoms with Crippen molar-refractivity contribution in [3.8, 4) is 0 Å². The number of carbonyl (C=O) groups excluding carboxylic acids is 1. The average molecular weight is 342 g/mol. The van der Waals surface area contributed by atoms with Gasteiger partial charge in [0, 0.05) is 30.9 Å². The normalized spacial score (nSPS) is 25.7. The van der Waals surface area contributed by atoms with Crippen molar-refractivity contribution in [2.24, 2.45) is 5.41 Å². The number of carbonyl (C=O) groups is 1. The van der Waals surface area contributed by atoms with E-state index in [1.54, 1.807) is 17.7 Å². The topological polar surface area (TPSA) is 58.1 Å². The zero-order chi connectivity index (χ0) is 16.6. The summed E-state index contributed by atoms with van der Waals surface area (Å²) in [6.45, 7) is 3.79. The SMILES string of the molecule is Cc1cc(NC2CC3(CCN(C(=O)Cc4ccsc4)C3)C2)ncn1. The van der Waals surface area contributed by atoms with Crippen LogP contribution in [0.2, 0.25) is 0 Å². The van der Waals surface area contributed by atoms with Crippen LogP contribution in [-0.2, 0) is 11.2 Å². The van der Waals surface area contributed by atoms with Gasteiger partial charge in [0.2, 0.25) is 5.91 Å². The van der Waals surface area contributed by atoms with Crippen molar-refractivity contribution in [2.45, 2.75) is 38.6 Å². The monoisotopic (exact) mass is 342 g/mol. The van der Waals surface area contributed by atoms with Gasteiger partial charge in [-0.25, -0.2) is 9.97 Å². The first-order valence-corrected chi connectivity index (χ1v) is 9.40. The molecule has 4 rings (SSSR count). The van der Waals surface area contributed by atoms with E-state index in [0.717, 1.165) is 49.4 Å². The van der Waals surface area contributed by atoms with Crippen LogP contribution < -0.4 is 5.32 Å². The van der Waals surface area contributed by atoms with Crippen LogP contribution in [0.3, 0.4) is 0 Å². The van der Waals surface area contributed by atoms with Crippen LogP contribution in [-0.4, -0.2) is 39.9 Å². The molecule has 3 heterocycles. The molecule has 1 aliphatic heterocycles. The van der Waals surface area contributed by atoms with Crippen molar-refractivity contribution in [2.75, 3.05) is 18.4 Å². The molecular formula is C18H22N4OS. The van der Waals surface area contributed by atoms with Gasteiger partial charge in [0.15, 0.2) is 0 Å². The Morgan fingerprint density at radius 1 is 1.46 bits per heavy atom. The number of hydrogen-bond donors (Lipinski definition) is 1. The van der Waals surface area contributed by atoms with Gasteiger partial charge in [-0.1, -0.05) is 0 Å². The highest BCUT2D eigenvalue weighted by atomic mass is 32.1. The van der Waals surface area contributed by atoms with E-state index in [-0.39, 0.29) is 5.91 Å². The van der Waals surface area contributed by atoms with Crippen LogP contribution in [0.5, 0.6) is 0 Å². The van der Waals surface area contributed by atoms with Gasteiger partial charge in [0.25, 0.3) is 0 Å². The second-order valence-corrected chi connectivity index (χ2v) is 7.95. The summed E-state index contributed by atoms with van der Waals surface area (Å²) in [4.78, 5) is 22.9. The molecule has 6 heteroatoms. The summed E-state index contributed by atoms with van der Waals surface area (Å²) in [6, 6.07) is 4.49. The van der Waals surface area contributed by atoms with Crippen molar-refractivity contribution < 1.29 is 4.79 Å². The molecule has 0 radical (unpaired) electrons. The van der Waals surface area contributed by atoms with Crippen LogP contribution in [0.1, 0.15) is 30.5 Å². The lowest BCUT2D eigenvalue weighted by molar-refractivity contribution is -0.130. The quantitative estimate of drug-likeness (QED) is 0.928. The highest BCUT2D eigenvalue weighted by molar-refractivity contribution is 7.08. The molecule has 0 atom stereocenters. The molecule has 24 heavy (non-hydrogen) atoms. The molecular weight excluding hydrogens is 320 g/mol. The number of nitrogens with one attached hydrogen (secondary N) is 1. The average Bonchev–Trinajstić information content (AvgIpc) is 3.16. The zero-order valence-corrected chi connectivity index (χ0v) is 14.7. The van der Waals surface area contributed by atoms with Gasteiger partial charge in [0.05, 0.1) is 6.42 Å². The molecule has 1 aliphatic carbocycles. The van der Waals surface area contributed by atoms with E-state index in [4.69, 9.17) is 0 Å². The number of hydrogen-bond acceptors (Lipinski definition) is 5. The molecule has 2 aliphatic rings. The number of aromatic nitrogens is 2. The Bertz CT molecular complexity index is 724. The smallest absolute Gasteiger partial charge is 0.227 e. The molecule has 1 amide bonds. The van der Waals surface area contributed by atoms with Gasteiger partial charge in [0.1, 0.15) is 12.1 Å². The molecule has 0 bridgehead atoms. The van der Waals surface area contributed by atoms with Gasteiger partial charge in [-0.2, -0.15) is 11.3 Å². The fraction of sp³-hybridized carbons (Fsp3) is 0.500. The van der Waals surface area contributed by atoms with Crippen LogP contribution in [0.15, 0.2) is 29.2 Å². The fourth-order valence-electron chi connectivity index (χ4n) is 3.99. The first kappa shape index (κ1) is 15.6. The van der Waals surface area contributed by atoms with Crippen molar-refractivity contribution in [3.05, 3.63) is 40.5 Å². The zero-order valence-electron chi connectivity index (χ0n) is 13.9. The van der Waals surface area contributed by atoms with E-state index in [2.05, 4.69) is 25.6 Å². The van der Waals surface area contributed by atoms with Crippen LogP contribution >= 0.6 is 11.3 Å². The highest BCUT2D eigenvalue weighted by Crippen LogP contribution is 2.49. The Hall–Kier alpha value is -1.95. The summed E-state index contributed by atoms with van der Waals surface area (Å²) in [5.41, 5.74) is 2.44. The molecule has 2 fully saturated rings. The van der Waals surface area contributed by atoms with E-state index >= 15 is 0 Å². The Balaban J connectivity index is 1.29. The van der Waals surface area contributed by atoms with Gasteiger partial charge in [-0.15, -0.1) is 0 Å². The number of anilines is 1. The summed E-state index contributed by atoms with van der Waals surface area (Å²) < 4.78 is 0. The molecule has 1 spiro atoms. The van der Waals surface area contributed by atoms with Crippen molar-refractivity contribution in [3.63, 3.8) is 0 Å². The predicted molar refractivity (Wildman–Crippen MR) is 95.1 cm³/mol. The number of aryl methyl sites for hydroxylation is 1.